The van der Waals surface area contributed by atoms with Crippen LogP contribution in [-0.4, -0.2) is 65.3 Å². The van der Waals surface area contributed by atoms with Crippen molar-refractivity contribution < 1.29 is 14.3 Å². The van der Waals surface area contributed by atoms with Gasteiger partial charge in [0, 0.05) is 37.1 Å². The minimum atomic E-state index is -0.437. The molecule has 0 saturated carbocycles. The summed E-state index contributed by atoms with van der Waals surface area (Å²) in [6, 6.07) is 1.81. The Labute approximate surface area is 193 Å². The molecule has 2 aromatic rings. The van der Waals surface area contributed by atoms with Gasteiger partial charge in [0.2, 0.25) is 0 Å². The Balaban J connectivity index is 1.43. The van der Waals surface area contributed by atoms with Gasteiger partial charge in [0.1, 0.15) is 11.9 Å². The van der Waals surface area contributed by atoms with Crippen LogP contribution < -0.4 is 10.6 Å². The molecule has 0 amide bonds. The van der Waals surface area contributed by atoms with Gasteiger partial charge in [0.05, 0.1) is 48.3 Å². The molecule has 2 aliphatic rings. The highest BCUT2D eigenvalue weighted by molar-refractivity contribution is 6.33. The molecular weight excluding hydrogens is 430 g/mol. The zero-order valence-corrected chi connectivity index (χ0v) is 19.3. The van der Waals surface area contributed by atoms with Crippen molar-refractivity contribution in [3.8, 4) is 11.3 Å². The van der Waals surface area contributed by atoms with E-state index in [1.807, 2.05) is 6.07 Å². The summed E-state index contributed by atoms with van der Waals surface area (Å²) in [6.45, 7) is 6.89. The smallest absolute Gasteiger partial charge is 0.168 e. The molecule has 0 aromatic carbocycles. The summed E-state index contributed by atoms with van der Waals surface area (Å²) >= 11 is 6.42. The van der Waals surface area contributed by atoms with Crippen molar-refractivity contribution in [1.29, 1.82) is 0 Å². The van der Waals surface area contributed by atoms with Crippen molar-refractivity contribution in [3.05, 3.63) is 35.4 Å². The second-order valence-corrected chi connectivity index (χ2v) is 9.03. The standard InChI is InChI=1S/C23H30ClN5O3/c1-14-5-16(6-15(2)32-14)9-28-23-13-26-11-20(29-23)18-7-17(27-10-19(18)24)8-21(30)22-12-25-3-4-31-22/h7,10-11,13-16,22,25H,3-6,8-9,12H2,1-2H3,(H,28,29)/t14-,15+,16?,22-/m1/s1. The number of anilines is 1. The van der Waals surface area contributed by atoms with Gasteiger partial charge in [-0.1, -0.05) is 11.6 Å². The Morgan fingerprint density at radius 1 is 1.25 bits per heavy atom. The number of rotatable bonds is 7. The fourth-order valence-electron chi connectivity index (χ4n) is 4.38. The van der Waals surface area contributed by atoms with Crippen LogP contribution in [0.25, 0.3) is 11.3 Å². The second-order valence-electron chi connectivity index (χ2n) is 8.63. The van der Waals surface area contributed by atoms with Gasteiger partial charge in [-0.05, 0) is 38.7 Å². The van der Waals surface area contributed by atoms with Gasteiger partial charge in [-0.15, -0.1) is 0 Å². The molecule has 0 radical (unpaired) electrons. The van der Waals surface area contributed by atoms with Gasteiger partial charge < -0.3 is 20.1 Å². The number of ketones is 1. The zero-order chi connectivity index (χ0) is 22.5. The van der Waals surface area contributed by atoms with Crippen molar-refractivity contribution >= 4 is 23.2 Å². The van der Waals surface area contributed by atoms with E-state index in [0.29, 0.717) is 46.9 Å². The molecule has 4 heterocycles. The van der Waals surface area contributed by atoms with E-state index in [4.69, 9.17) is 26.1 Å². The summed E-state index contributed by atoms with van der Waals surface area (Å²) in [6.07, 6.45) is 7.29. The van der Waals surface area contributed by atoms with E-state index in [0.717, 1.165) is 25.9 Å². The third-order valence-electron chi connectivity index (χ3n) is 5.83. The van der Waals surface area contributed by atoms with Crippen LogP contribution >= 0.6 is 11.6 Å². The normalized spacial score (nSPS) is 26.0. The number of nitrogens with zero attached hydrogens (tertiary/aromatic N) is 3. The van der Waals surface area contributed by atoms with Gasteiger partial charge in [-0.2, -0.15) is 0 Å². The predicted octanol–water partition coefficient (Wildman–Crippen LogP) is 2.91. The molecule has 8 nitrogen and oxygen atoms in total. The largest absolute Gasteiger partial charge is 0.376 e. The number of carbonyl (C=O) groups is 1. The fraction of sp³-hybridized carbons (Fsp3) is 0.565. The van der Waals surface area contributed by atoms with E-state index in [2.05, 4.69) is 34.4 Å². The zero-order valence-electron chi connectivity index (χ0n) is 18.5. The molecule has 2 N–H and O–H groups in total. The minimum absolute atomic E-state index is 0.000563. The number of Topliss-reactive ketones (excluding diaryl/α,β-unsaturated/α-hetero) is 1. The number of aromatic nitrogens is 3. The average molecular weight is 460 g/mol. The second kappa shape index (κ2) is 10.7. The van der Waals surface area contributed by atoms with Crippen LogP contribution in [0.1, 0.15) is 32.4 Å². The van der Waals surface area contributed by atoms with Gasteiger partial charge in [0.15, 0.2) is 5.78 Å². The molecule has 2 aromatic heterocycles. The molecule has 4 atom stereocenters. The van der Waals surface area contributed by atoms with Crippen molar-refractivity contribution in [2.75, 3.05) is 31.6 Å². The van der Waals surface area contributed by atoms with E-state index in [1.165, 1.54) is 0 Å². The van der Waals surface area contributed by atoms with Crippen molar-refractivity contribution in [2.45, 2.75) is 51.4 Å². The lowest BCUT2D eigenvalue weighted by Gasteiger charge is -2.32. The topological polar surface area (TPSA) is 98.3 Å². The number of halogens is 1. The van der Waals surface area contributed by atoms with Gasteiger partial charge in [-0.3, -0.25) is 14.8 Å². The maximum Gasteiger partial charge on any atom is 0.168 e. The first-order chi connectivity index (χ1) is 15.5. The molecule has 2 aliphatic heterocycles. The number of pyridine rings is 1. The quantitative estimate of drug-likeness (QED) is 0.652. The Morgan fingerprint density at radius 2 is 2.06 bits per heavy atom. The molecular formula is C23H30ClN5O3. The Bertz CT molecular complexity index is 928. The maximum atomic E-state index is 12.6. The van der Waals surface area contributed by atoms with Crippen LogP contribution in [0.5, 0.6) is 0 Å². The number of nitrogens with one attached hydrogen (secondary N) is 2. The summed E-state index contributed by atoms with van der Waals surface area (Å²) in [5.41, 5.74) is 1.98. The van der Waals surface area contributed by atoms with Gasteiger partial charge in [-0.25, -0.2) is 4.98 Å². The lowest BCUT2D eigenvalue weighted by Crippen LogP contribution is -2.43. The summed E-state index contributed by atoms with van der Waals surface area (Å²) in [4.78, 5) is 25.9. The van der Waals surface area contributed by atoms with E-state index >= 15 is 0 Å². The van der Waals surface area contributed by atoms with Crippen LogP contribution in [0.4, 0.5) is 5.82 Å². The molecule has 2 saturated heterocycles. The Kier molecular flexibility index (Phi) is 7.67. The van der Waals surface area contributed by atoms with Crippen LogP contribution in [0.2, 0.25) is 5.02 Å². The number of hydrogen-bond acceptors (Lipinski definition) is 8. The highest BCUT2D eigenvalue weighted by atomic mass is 35.5. The molecule has 0 aliphatic carbocycles. The van der Waals surface area contributed by atoms with E-state index < -0.39 is 6.10 Å². The molecule has 4 rings (SSSR count). The molecule has 172 valence electrons. The van der Waals surface area contributed by atoms with Crippen LogP contribution in [0, 0.1) is 5.92 Å². The van der Waals surface area contributed by atoms with Gasteiger partial charge >= 0.3 is 0 Å². The number of hydrogen-bond donors (Lipinski definition) is 2. The molecule has 0 spiro atoms. The summed E-state index contributed by atoms with van der Waals surface area (Å²) in [5, 5.41) is 7.05. The first-order valence-electron chi connectivity index (χ1n) is 11.2. The number of morpholine rings is 1. The Hall–Kier alpha value is -2.13. The first kappa shape index (κ1) is 23.0. The van der Waals surface area contributed by atoms with Crippen LogP contribution in [-0.2, 0) is 20.7 Å². The predicted molar refractivity (Wildman–Crippen MR) is 123 cm³/mol. The minimum Gasteiger partial charge on any atom is -0.376 e. The summed E-state index contributed by atoms with van der Waals surface area (Å²) in [7, 11) is 0. The Morgan fingerprint density at radius 3 is 2.81 bits per heavy atom. The SMILES string of the molecule is C[C@@H]1CC(CNc2cncc(-c3cc(CC(=O)[C@H]4CNCCO4)ncc3Cl)n2)C[C@H](C)O1. The lowest BCUT2D eigenvalue weighted by atomic mass is 9.92. The van der Waals surface area contributed by atoms with E-state index in [1.54, 1.807) is 18.6 Å². The van der Waals surface area contributed by atoms with Crippen molar-refractivity contribution in [3.63, 3.8) is 0 Å². The van der Waals surface area contributed by atoms with E-state index in [9.17, 15) is 4.79 Å². The van der Waals surface area contributed by atoms with Crippen LogP contribution in [0.3, 0.4) is 0 Å². The third-order valence-corrected chi connectivity index (χ3v) is 6.13. The molecule has 9 heteroatoms. The van der Waals surface area contributed by atoms with E-state index in [-0.39, 0.29) is 24.4 Å². The molecule has 1 unspecified atom stereocenters. The average Bonchev–Trinajstić information content (AvgIpc) is 2.79. The molecule has 32 heavy (non-hydrogen) atoms. The third kappa shape index (κ3) is 6.01. The summed E-state index contributed by atoms with van der Waals surface area (Å²) < 4.78 is 11.4. The van der Waals surface area contributed by atoms with Crippen LogP contribution in [0.15, 0.2) is 24.7 Å². The number of ether oxygens (including phenoxy) is 2. The molecule has 2 fully saturated rings. The monoisotopic (exact) mass is 459 g/mol. The first-order valence-corrected chi connectivity index (χ1v) is 11.6. The fourth-order valence-corrected chi connectivity index (χ4v) is 4.58. The molecule has 0 bridgehead atoms. The van der Waals surface area contributed by atoms with Gasteiger partial charge in [0.25, 0.3) is 0 Å². The summed E-state index contributed by atoms with van der Waals surface area (Å²) in [5.74, 6) is 1.22. The maximum absolute atomic E-state index is 12.6. The lowest BCUT2D eigenvalue weighted by molar-refractivity contribution is -0.131. The highest BCUT2D eigenvalue weighted by Crippen LogP contribution is 2.28. The highest BCUT2D eigenvalue weighted by Gasteiger charge is 2.25. The van der Waals surface area contributed by atoms with Crippen molar-refractivity contribution in [1.82, 2.24) is 20.3 Å². The number of carbonyl (C=O) groups excluding carboxylic acids is 1. The van der Waals surface area contributed by atoms with Crippen molar-refractivity contribution in [2.24, 2.45) is 5.92 Å².